The Morgan fingerprint density at radius 1 is 1.47 bits per heavy atom. The van der Waals surface area contributed by atoms with E-state index in [4.69, 9.17) is 4.55 Å². The van der Waals surface area contributed by atoms with Crippen molar-refractivity contribution in [2.75, 3.05) is 6.61 Å². The first-order valence-corrected chi connectivity index (χ1v) is 7.68. The molecule has 1 aliphatic heterocycles. The molecule has 2 unspecified atom stereocenters. The summed E-state index contributed by atoms with van der Waals surface area (Å²) < 4.78 is 33.6. The highest BCUT2D eigenvalue weighted by Gasteiger charge is 2.38. The number of Topliss-reactive ketones (excluding diaryl/α,β-unsaturated/α-hetero) is 1. The first kappa shape index (κ1) is 16.3. The molecule has 0 aromatic heterocycles. The van der Waals surface area contributed by atoms with E-state index in [1.807, 2.05) is 6.92 Å². The smallest absolute Gasteiger partial charge is 0.326 e. The monoisotopic (exact) mass is 355 g/mol. The lowest BCUT2D eigenvalue weighted by molar-refractivity contribution is -0.134. The number of allylic oxidation sites excluding steroid dienone is 1. The summed E-state index contributed by atoms with van der Waals surface area (Å²) >= 11 is 3.01. The molecular formula is C10H14BrNO6S. The lowest BCUT2D eigenvalue weighted by Gasteiger charge is -2.26. The lowest BCUT2D eigenvalue weighted by atomic mass is 9.85. The highest BCUT2D eigenvalue weighted by Crippen LogP contribution is 2.28. The molecule has 9 heteroatoms. The Balaban J connectivity index is 2.95. The summed E-state index contributed by atoms with van der Waals surface area (Å²) in [5.41, 5.74) is -0.0211. The Morgan fingerprint density at radius 3 is 2.53 bits per heavy atom. The van der Waals surface area contributed by atoms with Crippen LogP contribution in [0.25, 0.3) is 0 Å². The average Bonchev–Trinajstić information content (AvgIpc) is 2.30. The number of hydrogen-bond donors (Lipinski definition) is 2. The molecule has 1 heterocycles. The third kappa shape index (κ3) is 4.10. The molecule has 0 aliphatic carbocycles. The van der Waals surface area contributed by atoms with Gasteiger partial charge in [-0.1, -0.05) is 20.3 Å². The van der Waals surface area contributed by atoms with Gasteiger partial charge in [0.2, 0.25) is 5.91 Å². The van der Waals surface area contributed by atoms with Gasteiger partial charge in [0.05, 0.1) is 10.2 Å². The predicted octanol–water partition coefficient (Wildman–Crippen LogP) is 0.774. The zero-order chi connectivity index (χ0) is 14.8. The standard InChI is InChI=1S/C10H14BrNO6S/c1-3-5(2)7-9(13)8(11)6(12-10(7)14)4-18-19(15,16)17/h5,7H,3-4H2,1-2H3,(H,12,14)(H,15,16,17). The van der Waals surface area contributed by atoms with Gasteiger partial charge in [-0.25, -0.2) is 4.18 Å². The van der Waals surface area contributed by atoms with Gasteiger partial charge in [0, 0.05) is 0 Å². The highest BCUT2D eigenvalue weighted by atomic mass is 79.9. The van der Waals surface area contributed by atoms with Gasteiger partial charge in [0.15, 0.2) is 5.78 Å². The maximum Gasteiger partial charge on any atom is 0.397 e. The maximum absolute atomic E-state index is 12.0. The number of carbonyl (C=O) groups is 2. The van der Waals surface area contributed by atoms with E-state index in [0.29, 0.717) is 6.42 Å². The highest BCUT2D eigenvalue weighted by molar-refractivity contribution is 9.12. The summed E-state index contributed by atoms with van der Waals surface area (Å²) in [5, 5.41) is 2.41. The molecule has 108 valence electrons. The van der Waals surface area contributed by atoms with Crippen LogP contribution >= 0.6 is 15.9 Å². The van der Waals surface area contributed by atoms with E-state index in [-0.39, 0.29) is 16.1 Å². The van der Waals surface area contributed by atoms with Crippen LogP contribution in [0.2, 0.25) is 0 Å². The number of ketones is 1. The van der Waals surface area contributed by atoms with Crippen LogP contribution in [0.5, 0.6) is 0 Å². The van der Waals surface area contributed by atoms with E-state index in [0.717, 1.165) is 0 Å². The van der Waals surface area contributed by atoms with Gasteiger partial charge in [0.25, 0.3) is 0 Å². The van der Waals surface area contributed by atoms with E-state index in [1.165, 1.54) is 0 Å². The van der Waals surface area contributed by atoms with Gasteiger partial charge in [0.1, 0.15) is 12.5 Å². The molecule has 0 saturated heterocycles. The molecule has 0 aromatic rings. The second-order valence-corrected chi connectivity index (χ2v) is 6.08. The van der Waals surface area contributed by atoms with Gasteiger partial charge in [-0.15, -0.1) is 0 Å². The van der Waals surface area contributed by atoms with Crippen LogP contribution in [0.3, 0.4) is 0 Å². The van der Waals surface area contributed by atoms with Crippen LogP contribution in [0.1, 0.15) is 20.3 Å². The van der Waals surface area contributed by atoms with E-state index in [2.05, 4.69) is 25.4 Å². The van der Waals surface area contributed by atoms with E-state index in [9.17, 15) is 18.0 Å². The van der Waals surface area contributed by atoms with Gasteiger partial charge >= 0.3 is 10.4 Å². The maximum atomic E-state index is 12.0. The Hall–Kier alpha value is -0.770. The van der Waals surface area contributed by atoms with Gasteiger partial charge in [-0.2, -0.15) is 8.42 Å². The minimum absolute atomic E-state index is 0.0211. The number of amides is 1. The number of nitrogens with one attached hydrogen (secondary N) is 1. The molecule has 19 heavy (non-hydrogen) atoms. The minimum atomic E-state index is -4.63. The van der Waals surface area contributed by atoms with Crippen molar-refractivity contribution in [1.29, 1.82) is 0 Å². The molecule has 0 saturated carbocycles. The van der Waals surface area contributed by atoms with Crippen LogP contribution in [0.15, 0.2) is 10.2 Å². The van der Waals surface area contributed by atoms with E-state index >= 15 is 0 Å². The molecule has 1 aliphatic rings. The first-order chi connectivity index (χ1) is 8.67. The normalized spacial score (nSPS) is 22.4. The van der Waals surface area contributed by atoms with Crippen LogP contribution in [-0.2, 0) is 24.2 Å². The average molecular weight is 356 g/mol. The third-order valence-corrected chi connectivity index (χ3v) is 4.17. The fourth-order valence-corrected chi connectivity index (χ4v) is 2.40. The second-order valence-electron chi connectivity index (χ2n) is 4.20. The van der Waals surface area contributed by atoms with E-state index in [1.54, 1.807) is 6.92 Å². The van der Waals surface area contributed by atoms with Crippen molar-refractivity contribution >= 4 is 38.0 Å². The topological polar surface area (TPSA) is 110 Å². The summed E-state index contributed by atoms with van der Waals surface area (Å²) in [4.78, 5) is 23.9. The van der Waals surface area contributed by atoms with Crippen molar-refractivity contribution in [3.05, 3.63) is 10.2 Å². The molecule has 1 amide bonds. The van der Waals surface area contributed by atoms with Gasteiger partial charge in [-0.3, -0.25) is 14.1 Å². The Labute approximate surface area is 119 Å². The molecular weight excluding hydrogens is 342 g/mol. The number of halogens is 1. The fraction of sp³-hybridized carbons (Fsp3) is 0.600. The van der Waals surface area contributed by atoms with Crippen molar-refractivity contribution in [2.45, 2.75) is 20.3 Å². The summed E-state index contributed by atoms with van der Waals surface area (Å²) in [5.74, 6) is -1.87. The summed E-state index contributed by atoms with van der Waals surface area (Å²) in [6.45, 7) is 3.02. The summed E-state index contributed by atoms with van der Waals surface area (Å²) in [7, 11) is -4.63. The number of carbonyl (C=O) groups excluding carboxylic acids is 2. The summed E-state index contributed by atoms with van der Waals surface area (Å²) in [6, 6.07) is 0. The summed E-state index contributed by atoms with van der Waals surface area (Å²) in [6.07, 6.45) is 0.654. The Kier molecular flexibility index (Phi) is 5.25. The number of rotatable bonds is 5. The molecule has 0 bridgehead atoms. The quantitative estimate of drug-likeness (QED) is 0.556. The molecule has 0 fully saturated rings. The van der Waals surface area contributed by atoms with Crippen molar-refractivity contribution in [1.82, 2.24) is 5.32 Å². The minimum Gasteiger partial charge on any atom is -0.326 e. The first-order valence-electron chi connectivity index (χ1n) is 5.53. The molecule has 0 aromatic carbocycles. The largest absolute Gasteiger partial charge is 0.397 e. The Bertz CT molecular complexity index is 526. The lowest BCUT2D eigenvalue weighted by Crippen LogP contribution is -2.44. The zero-order valence-corrected chi connectivity index (χ0v) is 12.7. The van der Waals surface area contributed by atoms with Crippen molar-refractivity contribution in [3.8, 4) is 0 Å². The van der Waals surface area contributed by atoms with Gasteiger partial charge < -0.3 is 5.32 Å². The Morgan fingerprint density at radius 2 is 2.05 bits per heavy atom. The molecule has 2 N–H and O–H groups in total. The molecule has 0 radical (unpaired) electrons. The van der Waals surface area contributed by atoms with E-state index < -0.39 is 34.6 Å². The van der Waals surface area contributed by atoms with Crippen molar-refractivity contribution < 1.29 is 26.7 Å². The van der Waals surface area contributed by atoms with Crippen LogP contribution < -0.4 is 5.32 Å². The van der Waals surface area contributed by atoms with Crippen molar-refractivity contribution in [3.63, 3.8) is 0 Å². The molecule has 1 rings (SSSR count). The van der Waals surface area contributed by atoms with Crippen LogP contribution in [0.4, 0.5) is 0 Å². The SMILES string of the molecule is CCC(C)C1C(=O)NC(COS(=O)(=O)O)=C(Br)C1=O. The second kappa shape index (κ2) is 6.12. The van der Waals surface area contributed by atoms with Gasteiger partial charge in [-0.05, 0) is 21.8 Å². The third-order valence-electron chi connectivity index (χ3n) is 2.89. The zero-order valence-electron chi connectivity index (χ0n) is 10.3. The predicted molar refractivity (Wildman–Crippen MR) is 69.5 cm³/mol. The number of hydrogen-bond acceptors (Lipinski definition) is 5. The fourth-order valence-electron chi connectivity index (χ4n) is 1.67. The van der Waals surface area contributed by atoms with Crippen LogP contribution in [0, 0.1) is 11.8 Å². The van der Waals surface area contributed by atoms with Crippen molar-refractivity contribution in [2.24, 2.45) is 11.8 Å². The molecule has 2 atom stereocenters. The molecule has 7 nitrogen and oxygen atoms in total. The van der Waals surface area contributed by atoms with Crippen LogP contribution in [-0.4, -0.2) is 31.3 Å². The molecule has 0 spiro atoms.